The van der Waals surface area contributed by atoms with Gasteiger partial charge in [0.25, 0.3) is 0 Å². The third-order valence-corrected chi connectivity index (χ3v) is 2.44. The number of pyridine rings is 1. The van der Waals surface area contributed by atoms with E-state index in [9.17, 15) is 0 Å². The summed E-state index contributed by atoms with van der Waals surface area (Å²) >= 11 is 3.44. The lowest BCUT2D eigenvalue weighted by atomic mass is 10.2. The fraction of sp³-hybridized carbons (Fsp3) is 0. The molecule has 2 nitrogen and oxygen atoms in total. The number of nitrogens with zero attached hydrogens (tertiary/aromatic N) is 1. The average molecular weight is 259 g/mol. The second-order valence-electron chi connectivity index (χ2n) is 2.54. The molecule has 0 amide bonds. The van der Waals surface area contributed by atoms with E-state index in [2.05, 4.69) is 20.9 Å². The Morgan fingerprint density at radius 1 is 1.23 bits per heavy atom. The van der Waals surface area contributed by atoms with Crippen molar-refractivity contribution in [2.75, 3.05) is 5.73 Å². The van der Waals surface area contributed by atoms with Crippen LogP contribution in [0.25, 0.3) is 10.9 Å². The minimum absolute atomic E-state index is 0. The van der Waals surface area contributed by atoms with Crippen LogP contribution in [0.5, 0.6) is 0 Å². The molecule has 0 radical (unpaired) electrons. The first-order chi connectivity index (χ1) is 5.79. The van der Waals surface area contributed by atoms with E-state index in [0.717, 1.165) is 15.4 Å². The fourth-order valence-electron chi connectivity index (χ4n) is 1.16. The molecule has 1 aromatic carbocycles. The number of halogens is 2. The van der Waals surface area contributed by atoms with Crippen molar-refractivity contribution in [3.63, 3.8) is 0 Å². The number of nitrogen functional groups attached to an aromatic ring is 1. The number of aromatic nitrogens is 1. The largest absolute Gasteiger partial charge is 1.00 e. The molecule has 2 N–H and O–H groups in total. The highest BCUT2D eigenvalue weighted by Gasteiger charge is 2.00. The standard InChI is InChI=1S/C9H7BrN2.ClH/c10-7-3-4-8(11)9-6(7)2-1-5-12-9;/h1-5H,11H2;1H/p-1. The smallest absolute Gasteiger partial charge is 0.0942 e. The molecule has 4 heteroatoms. The molecule has 0 fully saturated rings. The van der Waals surface area contributed by atoms with Crippen molar-refractivity contribution in [3.05, 3.63) is 34.9 Å². The van der Waals surface area contributed by atoms with Crippen molar-refractivity contribution in [1.82, 2.24) is 4.98 Å². The highest BCUT2D eigenvalue weighted by Crippen LogP contribution is 2.25. The van der Waals surface area contributed by atoms with Crippen molar-refractivity contribution in [2.24, 2.45) is 0 Å². The molecular weight excluding hydrogens is 251 g/mol. The minimum atomic E-state index is 0. The molecule has 0 saturated heterocycles. The zero-order chi connectivity index (χ0) is 8.55. The first-order valence-corrected chi connectivity index (χ1v) is 4.37. The summed E-state index contributed by atoms with van der Waals surface area (Å²) in [7, 11) is 0. The Kier molecular flexibility index (Phi) is 3.12. The van der Waals surface area contributed by atoms with E-state index in [4.69, 9.17) is 5.73 Å². The topological polar surface area (TPSA) is 38.9 Å². The summed E-state index contributed by atoms with van der Waals surface area (Å²) in [5, 5.41) is 1.05. The summed E-state index contributed by atoms with van der Waals surface area (Å²) in [5.74, 6) is 0. The highest BCUT2D eigenvalue weighted by atomic mass is 79.9. The van der Waals surface area contributed by atoms with Gasteiger partial charge in [0, 0.05) is 16.1 Å². The Morgan fingerprint density at radius 3 is 2.69 bits per heavy atom. The molecule has 68 valence electrons. The van der Waals surface area contributed by atoms with Crippen LogP contribution >= 0.6 is 15.9 Å². The van der Waals surface area contributed by atoms with Gasteiger partial charge in [0.2, 0.25) is 0 Å². The first kappa shape index (κ1) is 10.3. The van der Waals surface area contributed by atoms with Gasteiger partial charge in [-0.25, -0.2) is 0 Å². The van der Waals surface area contributed by atoms with Crippen LogP contribution in [0.2, 0.25) is 0 Å². The van der Waals surface area contributed by atoms with E-state index in [-0.39, 0.29) is 12.4 Å². The van der Waals surface area contributed by atoms with Crippen molar-refractivity contribution in [1.29, 1.82) is 0 Å². The van der Waals surface area contributed by atoms with Crippen LogP contribution in [-0.2, 0) is 0 Å². The molecule has 1 aromatic heterocycles. The van der Waals surface area contributed by atoms with Crippen LogP contribution in [0.15, 0.2) is 34.9 Å². The Hall–Kier alpha value is -0.800. The summed E-state index contributed by atoms with van der Waals surface area (Å²) in [6.07, 6.45) is 1.74. The number of benzene rings is 1. The maximum Gasteiger partial charge on any atom is 0.0942 e. The molecule has 0 saturated carbocycles. The maximum atomic E-state index is 5.74. The van der Waals surface area contributed by atoms with Gasteiger partial charge >= 0.3 is 0 Å². The molecule has 0 aliphatic heterocycles. The second-order valence-corrected chi connectivity index (χ2v) is 3.39. The fourth-order valence-corrected chi connectivity index (χ4v) is 1.61. The summed E-state index contributed by atoms with van der Waals surface area (Å²) in [5.41, 5.74) is 7.31. The van der Waals surface area contributed by atoms with Gasteiger partial charge < -0.3 is 18.1 Å². The summed E-state index contributed by atoms with van der Waals surface area (Å²) in [6, 6.07) is 7.66. The lowest BCUT2D eigenvalue weighted by Crippen LogP contribution is -3.00. The van der Waals surface area contributed by atoms with Gasteiger partial charge in [-0.3, -0.25) is 4.98 Å². The van der Waals surface area contributed by atoms with Crippen LogP contribution in [0.4, 0.5) is 5.69 Å². The van der Waals surface area contributed by atoms with Crippen LogP contribution in [0.3, 0.4) is 0 Å². The van der Waals surface area contributed by atoms with E-state index in [1.165, 1.54) is 0 Å². The molecule has 0 aliphatic carbocycles. The molecule has 1 heterocycles. The molecular formula is C9H7BrClN2-. The third-order valence-electron chi connectivity index (χ3n) is 1.75. The second kappa shape index (κ2) is 3.94. The number of hydrogen-bond acceptors (Lipinski definition) is 2. The molecule has 2 aromatic rings. The minimum Gasteiger partial charge on any atom is -1.00 e. The molecule has 0 bridgehead atoms. The number of hydrogen-bond donors (Lipinski definition) is 1. The zero-order valence-corrected chi connectivity index (χ0v) is 9.01. The van der Waals surface area contributed by atoms with Crippen LogP contribution in [-0.4, -0.2) is 4.98 Å². The average Bonchev–Trinajstić information content (AvgIpc) is 2.12. The zero-order valence-electron chi connectivity index (χ0n) is 6.67. The van der Waals surface area contributed by atoms with Crippen molar-refractivity contribution < 1.29 is 12.4 Å². The molecule has 0 spiro atoms. The quantitative estimate of drug-likeness (QED) is 0.652. The summed E-state index contributed by atoms with van der Waals surface area (Å²) < 4.78 is 1.03. The maximum absolute atomic E-state index is 5.74. The van der Waals surface area contributed by atoms with Crippen LogP contribution in [0, 0.1) is 0 Å². The normalized spacial score (nSPS) is 9.62. The van der Waals surface area contributed by atoms with Crippen molar-refractivity contribution in [3.8, 4) is 0 Å². The van der Waals surface area contributed by atoms with Crippen LogP contribution < -0.4 is 18.1 Å². The van der Waals surface area contributed by atoms with Gasteiger partial charge in [0.05, 0.1) is 11.2 Å². The molecule has 0 unspecified atom stereocenters. The van der Waals surface area contributed by atoms with Gasteiger partial charge in [-0.1, -0.05) is 22.0 Å². The summed E-state index contributed by atoms with van der Waals surface area (Å²) in [6.45, 7) is 0. The van der Waals surface area contributed by atoms with E-state index >= 15 is 0 Å². The number of nitrogens with two attached hydrogens (primary N) is 1. The van der Waals surface area contributed by atoms with Crippen molar-refractivity contribution >= 4 is 32.5 Å². The molecule has 0 aliphatic rings. The van der Waals surface area contributed by atoms with Crippen molar-refractivity contribution in [2.45, 2.75) is 0 Å². The number of fused-ring (bicyclic) bond motifs is 1. The van der Waals surface area contributed by atoms with Gasteiger partial charge in [0.15, 0.2) is 0 Å². The molecule has 2 rings (SSSR count). The Balaban J connectivity index is 0.000000845. The summed E-state index contributed by atoms with van der Waals surface area (Å²) in [4.78, 5) is 4.19. The van der Waals surface area contributed by atoms with E-state index in [1.54, 1.807) is 6.20 Å². The van der Waals surface area contributed by atoms with Crippen LogP contribution in [0.1, 0.15) is 0 Å². The SMILES string of the molecule is Nc1ccc(Br)c2cccnc12.[Cl-]. The monoisotopic (exact) mass is 257 g/mol. The first-order valence-electron chi connectivity index (χ1n) is 3.58. The Bertz CT molecular complexity index is 390. The van der Waals surface area contributed by atoms with E-state index in [0.29, 0.717) is 5.69 Å². The van der Waals surface area contributed by atoms with Gasteiger partial charge in [0.1, 0.15) is 0 Å². The lowest BCUT2D eigenvalue weighted by molar-refractivity contribution is -0.00000231. The molecule has 13 heavy (non-hydrogen) atoms. The highest BCUT2D eigenvalue weighted by molar-refractivity contribution is 9.10. The van der Waals surface area contributed by atoms with Gasteiger partial charge in [-0.2, -0.15) is 0 Å². The van der Waals surface area contributed by atoms with Gasteiger partial charge in [-0.05, 0) is 18.2 Å². The predicted octanol–water partition coefficient (Wildman–Crippen LogP) is -0.417. The van der Waals surface area contributed by atoms with Gasteiger partial charge in [-0.15, -0.1) is 0 Å². The Labute approximate surface area is 90.7 Å². The van der Waals surface area contributed by atoms with E-state index < -0.39 is 0 Å². The predicted molar refractivity (Wildman–Crippen MR) is 53.9 cm³/mol. The van der Waals surface area contributed by atoms with E-state index in [1.807, 2.05) is 24.3 Å². The number of anilines is 1. The lowest BCUT2D eigenvalue weighted by Gasteiger charge is -2.01. The molecule has 0 atom stereocenters. The Morgan fingerprint density at radius 2 is 2.00 bits per heavy atom. The third kappa shape index (κ3) is 1.76. The number of rotatable bonds is 0.